The second-order valence-electron chi connectivity index (χ2n) is 3.63. The Balaban J connectivity index is 2.18. The SMILES string of the molecule is Cc1ccc(NC(=O)c2nnc(Cl)s2)c(C)c1. The molecule has 0 aliphatic rings. The van der Waals surface area contributed by atoms with Crippen LogP contribution < -0.4 is 5.32 Å². The van der Waals surface area contributed by atoms with Gasteiger partial charge in [-0.1, -0.05) is 29.0 Å². The molecular weight excluding hydrogens is 258 g/mol. The zero-order valence-electron chi connectivity index (χ0n) is 9.32. The molecule has 6 heteroatoms. The Morgan fingerprint density at radius 3 is 2.71 bits per heavy atom. The zero-order valence-corrected chi connectivity index (χ0v) is 10.9. The van der Waals surface area contributed by atoms with Crippen LogP contribution in [0.15, 0.2) is 18.2 Å². The van der Waals surface area contributed by atoms with Gasteiger partial charge in [0.05, 0.1) is 0 Å². The molecule has 4 nitrogen and oxygen atoms in total. The molecule has 2 aromatic rings. The van der Waals surface area contributed by atoms with Gasteiger partial charge in [0.2, 0.25) is 9.47 Å². The number of nitrogens with one attached hydrogen (secondary N) is 1. The van der Waals surface area contributed by atoms with E-state index in [1.54, 1.807) is 0 Å². The smallest absolute Gasteiger partial charge is 0.286 e. The lowest BCUT2D eigenvalue weighted by molar-refractivity contribution is 0.102. The van der Waals surface area contributed by atoms with Crippen LogP contribution in [0.5, 0.6) is 0 Å². The number of amides is 1. The molecule has 2 rings (SSSR count). The summed E-state index contributed by atoms with van der Waals surface area (Å²) in [6.45, 7) is 3.94. The van der Waals surface area contributed by atoms with Crippen molar-refractivity contribution in [3.05, 3.63) is 38.8 Å². The third kappa shape index (κ3) is 2.81. The summed E-state index contributed by atoms with van der Waals surface area (Å²) in [6, 6.07) is 5.81. The van der Waals surface area contributed by atoms with E-state index in [-0.39, 0.29) is 15.4 Å². The van der Waals surface area contributed by atoms with Crippen molar-refractivity contribution < 1.29 is 4.79 Å². The lowest BCUT2D eigenvalue weighted by Gasteiger charge is -2.07. The van der Waals surface area contributed by atoms with E-state index in [9.17, 15) is 4.79 Å². The molecule has 1 amide bonds. The third-order valence-electron chi connectivity index (χ3n) is 2.22. The van der Waals surface area contributed by atoms with Crippen molar-refractivity contribution in [3.8, 4) is 0 Å². The Morgan fingerprint density at radius 1 is 1.35 bits per heavy atom. The van der Waals surface area contributed by atoms with Crippen LogP contribution in [0.4, 0.5) is 5.69 Å². The first kappa shape index (κ1) is 12.0. The zero-order chi connectivity index (χ0) is 12.4. The molecule has 0 atom stereocenters. The standard InChI is InChI=1S/C11H10ClN3OS/c1-6-3-4-8(7(2)5-6)13-9(16)10-14-15-11(12)17-10/h3-5H,1-2H3,(H,13,16). The van der Waals surface area contributed by atoms with Crippen molar-refractivity contribution in [2.45, 2.75) is 13.8 Å². The number of aromatic nitrogens is 2. The first-order valence-electron chi connectivity index (χ1n) is 4.94. The van der Waals surface area contributed by atoms with Crippen LogP contribution in [0.1, 0.15) is 20.9 Å². The monoisotopic (exact) mass is 267 g/mol. The normalized spacial score (nSPS) is 10.3. The number of anilines is 1. The van der Waals surface area contributed by atoms with Crippen molar-refractivity contribution >= 4 is 34.5 Å². The summed E-state index contributed by atoms with van der Waals surface area (Å²) in [4.78, 5) is 11.8. The first-order chi connectivity index (χ1) is 8.06. The number of nitrogens with zero attached hydrogens (tertiary/aromatic N) is 2. The van der Waals surface area contributed by atoms with Crippen LogP contribution in [0.3, 0.4) is 0 Å². The van der Waals surface area contributed by atoms with Crippen LogP contribution in [0.2, 0.25) is 4.47 Å². The Bertz CT molecular complexity index is 568. The molecule has 1 aromatic carbocycles. The van der Waals surface area contributed by atoms with Crippen LogP contribution in [0.25, 0.3) is 0 Å². The number of halogens is 1. The fraction of sp³-hybridized carbons (Fsp3) is 0.182. The number of hydrogen-bond acceptors (Lipinski definition) is 4. The molecule has 1 heterocycles. The van der Waals surface area contributed by atoms with Gasteiger partial charge in [0, 0.05) is 5.69 Å². The number of hydrogen-bond donors (Lipinski definition) is 1. The Hall–Kier alpha value is -1.46. The summed E-state index contributed by atoms with van der Waals surface area (Å²) in [6.07, 6.45) is 0. The van der Waals surface area contributed by atoms with Gasteiger partial charge in [-0.2, -0.15) is 0 Å². The molecule has 1 aromatic heterocycles. The minimum Gasteiger partial charge on any atom is -0.320 e. The molecule has 0 radical (unpaired) electrons. The Kier molecular flexibility index (Phi) is 3.40. The molecule has 0 saturated heterocycles. The van der Waals surface area contributed by atoms with Gasteiger partial charge in [0.1, 0.15) is 0 Å². The van der Waals surface area contributed by atoms with Crippen molar-refractivity contribution in [3.63, 3.8) is 0 Å². The van der Waals surface area contributed by atoms with Crippen LogP contribution >= 0.6 is 22.9 Å². The van der Waals surface area contributed by atoms with Gasteiger partial charge in [-0.05, 0) is 37.1 Å². The maximum absolute atomic E-state index is 11.8. The van der Waals surface area contributed by atoms with E-state index in [1.807, 2.05) is 32.0 Å². The molecule has 0 saturated carbocycles. The summed E-state index contributed by atoms with van der Waals surface area (Å²) in [5.41, 5.74) is 2.93. The largest absolute Gasteiger partial charge is 0.320 e. The van der Waals surface area contributed by atoms with E-state index in [0.717, 1.165) is 28.2 Å². The summed E-state index contributed by atoms with van der Waals surface area (Å²) in [7, 11) is 0. The second kappa shape index (κ2) is 4.81. The molecule has 88 valence electrons. The highest BCUT2D eigenvalue weighted by Crippen LogP contribution is 2.19. The molecule has 0 unspecified atom stereocenters. The average molecular weight is 268 g/mol. The van der Waals surface area contributed by atoms with Crippen LogP contribution in [-0.2, 0) is 0 Å². The van der Waals surface area contributed by atoms with Crippen LogP contribution in [0, 0.1) is 13.8 Å². The topological polar surface area (TPSA) is 54.9 Å². The number of benzene rings is 1. The van der Waals surface area contributed by atoms with Gasteiger partial charge in [0.15, 0.2) is 0 Å². The third-order valence-corrected chi connectivity index (χ3v) is 3.24. The summed E-state index contributed by atoms with van der Waals surface area (Å²) >= 11 is 6.68. The van der Waals surface area contributed by atoms with E-state index in [1.165, 1.54) is 0 Å². The second-order valence-corrected chi connectivity index (χ2v) is 5.19. The highest BCUT2D eigenvalue weighted by Gasteiger charge is 2.12. The van der Waals surface area contributed by atoms with Crippen molar-refractivity contribution in [2.24, 2.45) is 0 Å². The number of carbonyl (C=O) groups is 1. The lowest BCUT2D eigenvalue weighted by Crippen LogP contribution is -2.12. The molecule has 17 heavy (non-hydrogen) atoms. The maximum atomic E-state index is 11.8. The molecule has 0 aliphatic carbocycles. The lowest BCUT2D eigenvalue weighted by atomic mass is 10.1. The van der Waals surface area contributed by atoms with Gasteiger partial charge in [0.25, 0.3) is 5.91 Å². The van der Waals surface area contributed by atoms with Gasteiger partial charge < -0.3 is 5.32 Å². The van der Waals surface area contributed by atoms with Gasteiger partial charge in [-0.25, -0.2) is 0 Å². The van der Waals surface area contributed by atoms with E-state index in [4.69, 9.17) is 11.6 Å². The van der Waals surface area contributed by atoms with Gasteiger partial charge >= 0.3 is 0 Å². The number of carbonyl (C=O) groups excluding carboxylic acids is 1. The summed E-state index contributed by atoms with van der Waals surface area (Å²) in [5.74, 6) is -0.290. The van der Waals surface area contributed by atoms with Gasteiger partial charge in [-0.3, -0.25) is 4.79 Å². The predicted molar refractivity (Wildman–Crippen MR) is 68.8 cm³/mol. The highest BCUT2D eigenvalue weighted by molar-refractivity contribution is 7.17. The molecule has 0 spiro atoms. The fourth-order valence-electron chi connectivity index (χ4n) is 1.43. The van der Waals surface area contributed by atoms with Gasteiger partial charge in [-0.15, -0.1) is 10.2 Å². The minimum absolute atomic E-state index is 0.259. The van der Waals surface area contributed by atoms with Crippen molar-refractivity contribution in [1.29, 1.82) is 0 Å². The average Bonchev–Trinajstić information content (AvgIpc) is 2.69. The minimum atomic E-state index is -0.290. The Morgan fingerprint density at radius 2 is 2.12 bits per heavy atom. The maximum Gasteiger partial charge on any atom is 0.286 e. The van der Waals surface area contributed by atoms with E-state index < -0.39 is 0 Å². The first-order valence-corrected chi connectivity index (χ1v) is 6.13. The molecule has 0 bridgehead atoms. The van der Waals surface area contributed by atoms with E-state index >= 15 is 0 Å². The van der Waals surface area contributed by atoms with E-state index in [2.05, 4.69) is 15.5 Å². The molecule has 0 aliphatic heterocycles. The summed E-state index contributed by atoms with van der Waals surface area (Å²) in [5, 5.41) is 10.3. The molecule has 1 N–H and O–H groups in total. The quantitative estimate of drug-likeness (QED) is 0.910. The number of aryl methyl sites for hydroxylation is 2. The van der Waals surface area contributed by atoms with Crippen molar-refractivity contribution in [2.75, 3.05) is 5.32 Å². The van der Waals surface area contributed by atoms with Crippen molar-refractivity contribution in [1.82, 2.24) is 10.2 Å². The predicted octanol–water partition coefficient (Wildman–Crippen LogP) is 3.06. The van der Waals surface area contributed by atoms with E-state index in [0.29, 0.717) is 0 Å². The molecule has 0 fully saturated rings. The molecular formula is C11H10ClN3OS. The highest BCUT2D eigenvalue weighted by atomic mass is 35.5. The summed E-state index contributed by atoms with van der Waals surface area (Å²) < 4.78 is 0.260. The number of rotatable bonds is 2. The Labute approximate surface area is 108 Å². The fourth-order valence-corrected chi connectivity index (χ4v) is 2.15. The van der Waals surface area contributed by atoms with Crippen LogP contribution in [-0.4, -0.2) is 16.1 Å².